The first-order valence-corrected chi connectivity index (χ1v) is 9.51. The molecule has 27 heavy (non-hydrogen) atoms. The molecule has 2 aliphatic rings. The number of benzene rings is 1. The Hall–Kier alpha value is -2.63. The Balaban J connectivity index is 1.58. The van der Waals surface area contributed by atoms with E-state index >= 15 is 0 Å². The summed E-state index contributed by atoms with van der Waals surface area (Å²) < 4.78 is 6.23. The van der Waals surface area contributed by atoms with Crippen molar-refractivity contribution in [3.63, 3.8) is 0 Å². The minimum atomic E-state index is -0.126. The van der Waals surface area contributed by atoms with Crippen LogP contribution in [0.25, 0.3) is 11.3 Å². The average Bonchev–Trinajstić information content (AvgIpc) is 2.61. The second-order valence-electron chi connectivity index (χ2n) is 8.19. The summed E-state index contributed by atoms with van der Waals surface area (Å²) in [6.07, 6.45) is 4.30. The number of hydrogen-bond donors (Lipinski definition) is 1. The van der Waals surface area contributed by atoms with E-state index in [1.54, 1.807) is 6.92 Å². The number of ether oxygens (including phenoxy) is 1. The van der Waals surface area contributed by atoms with E-state index in [0.29, 0.717) is 5.82 Å². The minimum absolute atomic E-state index is 0.126. The number of aromatic nitrogens is 2. The van der Waals surface area contributed by atoms with E-state index < -0.39 is 0 Å². The lowest BCUT2D eigenvalue weighted by Gasteiger charge is -2.34. The number of hydrogen-bond acceptors (Lipinski definition) is 5. The van der Waals surface area contributed by atoms with Crippen molar-refractivity contribution in [2.45, 2.75) is 51.6 Å². The fraction of sp³-hybridized carbons (Fsp3) is 0.476. The quantitative estimate of drug-likeness (QED) is 0.884. The monoisotopic (exact) mass is 366 g/mol. The summed E-state index contributed by atoms with van der Waals surface area (Å²) in [6.45, 7) is 7.52. The van der Waals surface area contributed by atoms with Crippen molar-refractivity contribution in [1.82, 2.24) is 14.9 Å². The van der Waals surface area contributed by atoms with E-state index in [-0.39, 0.29) is 17.4 Å². The number of amides is 1. The molecule has 6 nitrogen and oxygen atoms in total. The van der Waals surface area contributed by atoms with Gasteiger partial charge in [0.15, 0.2) is 0 Å². The predicted octanol–water partition coefficient (Wildman–Crippen LogP) is 2.95. The van der Waals surface area contributed by atoms with Gasteiger partial charge < -0.3 is 15.4 Å². The molecule has 0 unspecified atom stereocenters. The van der Waals surface area contributed by atoms with E-state index in [4.69, 9.17) is 10.5 Å². The number of nitrogen functional groups attached to an aromatic ring is 1. The third-order valence-electron chi connectivity index (χ3n) is 5.71. The third-order valence-corrected chi connectivity index (χ3v) is 5.71. The van der Waals surface area contributed by atoms with E-state index in [1.165, 1.54) is 11.9 Å². The van der Waals surface area contributed by atoms with Crippen LogP contribution in [0.15, 0.2) is 24.5 Å². The van der Waals surface area contributed by atoms with Gasteiger partial charge in [0.05, 0.1) is 5.69 Å². The number of rotatable bonds is 2. The number of nitrogens with two attached hydrogens (primary N) is 1. The number of anilines is 1. The Morgan fingerprint density at radius 1 is 1.26 bits per heavy atom. The Bertz CT molecular complexity index is 886. The molecule has 2 N–H and O–H groups in total. The normalized spacial score (nSPS) is 18.6. The van der Waals surface area contributed by atoms with Crippen molar-refractivity contribution < 1.29 is 9.53 Å². The second-order valence-corrected chi connectivity index (χ2v) is 8.19. The number of carbonyl (C=O) groups excluding carboxylic acids is 1. The van der Waals surface area contributed by atoms with Gasteiger partial charge >= 0.3 is 0 Å². The van der Waals surface area contributed by atoms with E-state index in [9.17, 15) is 4.79 Å². The summed E-state index contributed by atoms with van der Waals surface area (Å²) in [6, 6.07) is 6.22. The number of fused-ring (bicyclic) bond motifs is 3. The highest BCUT2D eigenvalue weighted by Gasteiger charge is 2.34. The molecule has 0 radical (unpaired) electrons. The van der Waals surface area contributed by atoms with Crippen molar-refractivity contribution in [3.8, 4) is 17.0 Å². The zero-order valence-corrected chi connectivity index (χ0v) is 16.2. The summed E-state index contributed by atoms with van der Waals surface area (Å²) in [4.78, 5) is 22.1. The first-order valence-electron chi connectivity index (χ1n) is 9.51. The molecule has 2 aromatic rings. The fourth-order valence-corrected chi connectivity index (χ4v) is 4.34. The number of nitrogens with zero attached hydrogens (tertiary/aromatic N) is 3. The summed E-state index contributed by atoms with van der Waals surface area (Å²) >= 11 is 0. The summed E-state index contributed by atoms with van der Waals surface area (Å²) in [5.74, 6) is 1.59. The van der Waals surface area contributed by atoms with Gasteiger partial charge in [-0.05, 0) is 35.6 Å². The fourth-order valence-electron chi connectivity index (χ4n) is 4.34. The molecule has 2 heterocycles. The predicted molar refractivity (Wildman–Crippen MR) is 105 cm³/mol. The molecular weight excluding hydrogens is 340 g/mol. The van der Waals surface area contributed by atoms with Crippen LogP contribution in [0, 0.1) is 0 Å². The van der Waals surface area contributed by atoms with Crippen molar-refractivity contribution in [3.05, 3.63) is 35.7 Å². The van der Waals surface area contributed by atoms with E-state index in [0.717, 1.165) is 54.9 Å². The van der Waals surface area contributed by atoms with Crippen LogP contribution < -0.4 is 10.5 Å². The molecule has 1 fully saturated rings. The van der Waals surface area contributed by atoms with Gasteiger partial charge in [-0.2, -0.15) is 0 Å². The van der Waals surface area contributed by atoms with Crippen LogP contribution in [0.3, 0.4) is 0 Å². The zero-order chi connectivity index (χ0) is 19.2. The maximum Gasteiger partial charge on any atom is 0.219 e. The first-order chi connectivity index (χ1) is 12.8. The van der Waals surface area contributed by atoms with Gasteiger partial charge in [-0.15, -0.1) is 0 Å². The van der Waals surface area contributed by atoms with Crippen LogP contribution >= 0.6 is 0 Å². The highest BCUT2D eigenvalue weighted by atomic mass is 16.5. The number of carbonyl (C=O) groups is 1. The lowest BCUT2D eigenvalue weighted by molar-refractivity contribution is -0.130. The minimum Gasteiger partial charge on any atom is -0.490 e. The molecule has 1 aromatic heterocycles. The number of likely N-dealkylation sites (tertiary alicyclic amines) is 1. The van der Waals surface area contributed by atoms with Crippen LogP contribution in [0.1, 0.15) is 44.7 Å². The molecule has 0 bridgehead atoms. The average molecular weight is 366 g/mol. The van der Waals surface area contributed by atoms with Crippen LogP contribution in [0.2, 0.25) is 0 Å². The van der Waals surface area contributed by atoms with Gasteiger partial charge in [0.1, 0.15) is 24.0 Å². The molecule has 142 valence electrons. The molecule has 1 aliphatic heterocycles. The number of piperidine rings is 1. The maximum atomic E-state index is 11.5. The summed E-state index contributed by atoms with van der Waals surface area (Å²) in [5.41, 5.74) is 10.3. The highest BCUT2D eigenvalue weighted by molar-refractivity contribution is 5.76. The SMILES string of the molecule is CC(=O)N1CCC(Oc2ccc3c(c2)CC(C)(C)c2c(N)ncnc2-3)CC1. The molecule has 6 heteroatoms. The van der Waals surface area contributed by atoms with Crippen molar-refractivity contribution >= 4 is 11.7 Å². The van der Waals surface area contributed by atoms with Gasteiger partial charge in [0.25, 0.3) is 0 Å². The largest absolute Gasteiger partial charge is 0.490 e. The smallest absolute Gasteiger partial charge is 0.219 e. The van der Waals surface area contributed by atoms with Gasteiger partial charge in [-0.3, -0.25) is 4.79 Å². The molecular formula is C21H26N4O2. The van der Waals surface area contributed by atoms with Crippen LogP contribution in [-0.4, -0.2) is 40.0 Å². The molecule has 4 rings (SSSR count). The lowest BCUT2D eigenvalue weighted by Crippen LogP contribution is -2.40. The van der Waals surface area contributed by atoms with Gasteiger partial charge in [-0.25, -0.2) is 9.97 Å². The van der Waals surface area contributed by atoms with Gasteiger partial charge in [-0.1, -0.05) is 13.8 Å². The molecule has 1 aromatic carbocycles. The van der Waals surface area contributed by atoms with Crippen LogP contribution in [-0.2, 0) is 16.6 Å². The van der Waals surface area contributed by atoms with E-state index in [1.807, 2.05) is 11.0 Å². The maximum absolute atomic E-state index is 11.5. The summed E-state index contributed by atoms with van der Waals surface area (Å²) in [7, 11) is 0. The van der Waals surface area contributed by atoms with Crippen molar-refractivity contribution in [1.29, 1.82) is 0 Å². The Kier molecular flexibility index (Phi) is 4.29. The summed E-state index contributed by atoms with van der Waals surface area (Å²) in [5, 5.41) is 0. The third kappa shape index (κ3) is 3.24. The molecule has 1 amide bonds. The topological polar surface area (TPSA) is 81.3 Å². The van der Waals surface area contributed by atoms with Gasteiger partial charge in [0, 0.05) is 44.0 Å². The molecule has 1 aliphatic carbocycles. The lowest BCUT2D eigenvalue weighted by atomic mass is 9.72. The second kappa shape index (κ2) is 6.51. The molecule has 0 spiro atoms. The first kappa shape index (κ1) is 17.8. The zero-order valence-electron chi connectivity index (χ0n) is 16.2. The van der Waals surface area contributed by atoms with Crippen molar-refractivity contribution in [2.24, 2.45) is 0 Å². The highest BCUT2D eigenvalue weighted by Crippen LogP contribution is 2.44. The molecule has 0 saturated carbocycles. The Morgan fingerprint density at radius 2 is 2.00 bits per heavy atom. The van der Waals surface area contributed by atoms with Crippen LogP contribution in [0.5, 0.6) is 5.75 Å². The standard InChI is InChI=1S/C21H26N4O2/c1-13(26)25-8-6-15(7-9-25)27-16-4-5-17-14(10-16)11-21(2,3)18-19(17)23-12-24-20(18)22/h4-5,10,12,15H,6-9,11H2,1-3H3,(H2,22,23,24). The van der Waals surface area contributed by atoms with Crippen molar-refractivity contribution in [2.75, 3.05) is 18.8 Å². The van der Waals surface area contributed by atoms with E-state index in [2.05, 4.69) is 35.9 Å². The Morgan fingerprint density at radius 3 is 2.70 bits per heavy atom. The molecule has 0 atom stereocenters. The van der Waals surface area contributed by atoms with Gasteiger partial charge in [0.2, 0.25) is 5.91 Å². The molecule has 1 saturated heterocycles. The van der Waals surface area contributed by atoms with Crippen LogP contribution in [0.4, 0.5) is 5.82 Å². The Labute approximate surface area is 159 Å².